The minimum atomic E-state index is -3.72. The highest BCUT2D eigenvalue weighted by Gasteiger charge is 2.33. The van der Waals surface area contributed by atoms with Crippen LogP contribution in [0.3, 0.4) is 0 Å². The van der Waals surface area contributed by atoms with E-state index in [1.165, 1.54) is 16.4 Å². The molecule has 8 nitrogen and oxygen atoms in total. The van der Waals surface area contributed by atoms with Crippen LogP contribution >= 0.6 is 0 Å². The van der Waals surface area contributed by atoms with E-state index >= 15 is 0 Å². The molecule has 2 aliphatic rings. The number of morpholine rings is 1. The van der Waals surface area contributed by atoms with Gasteiger partial charge in [0.2, 0.25) is 10.0 Å². The first-order valence-electron chi connectivity index (χ1n) is 7.85. The number of nitrogens with zero attached hydrogens (tertiary/aromatic N) is 3. The van der Waals surface area contributed by atoms with Crippen LogP contribution in [0.4, 0.5) is 0 Å². The fourth-order valence-corrected chi connectivity index (χ4v) is 4.51. The van der Waals surface area contributed by atoms with E-state index in [0.717, 1.165) is 5.56 Å². The molecule has 0 radical (unpaired) electrons. The van der Waals surface area contributed by atoms with Crippen molar-refractivity contribution in [3.8, 4) is 0 Å². The van der Waals surface area contributed by atoms with E-state index in [2.05, 4.69) is 5.10 Å². The maximum Gasteiger partial charge on any atom is 0.338 e. The van der Waals surface area contributed by atoms with Gasteiger partial charge in [-0.25, -0.2) is 13.2 Å². The molecule has 132 valence electrons. The summed E-state index contributed by atoms with van der Waals surface area (Å²) in [5.74, 6) is -0.484. The molecule has 0 saturated carbocycles. The lowest BCUT2D eigenvalue weighted by atomic mass is 10.1. The fraction of sp³-hybridized carbons (Fsp3) is 0.375. The summed E-state index contributed by atoms with van der Waals surface area (Å²) in [7, 11) is -1.93. The van der Waals surface area contributed by atoms with Crippen LogP contribution in [0.1, 0.15) is 27.6 Å². The molecule has 1 aromatic heterocycles. The number of cyclic esters (lactones) is 1. The van der Waals surface area contributed by atoms with Gasteiger partial charge in [0.05, 0.1) is 29.4 Å². The second-order valence-corrected chi connectivity index (χ2v) is 8.00. The predicted octanol–water partition coefficient (Wildman–Crippen LogP) is 0.853. The average molecular weight is 363 g/mol. The SMILES string of the molecule is Cn1cc([C@@H]2CN(S(=O)(=O)c3ccc4c(c3)C(=O)OC4)CCO2)cn1. The molecular weight excluding hydrogens is 346 g/mol. The van der Waals surface area contributed by atoms with Crippen molar-refractivity contribution in [1.29, 1.82) is 0 Å². The van der Waals surface area contributed by atoms with Gasteiger partial charge in [-0.15, -0.1) is 0 Å². The maximum atomic E-state index is 13.0. The summed E-state index contributed by atoms with van der Waals surface area (Å²) in [6.45, 7) is 0.955. The van der Waals surface area contributed by atoms with Crippen LogP contribution in [0.5, 0.6) is 0 Å². The Morgan fingerprint density at radius 1 is 1.32 bits per heavy atom. The number of hydrogen-bond donors (Lipinski definition) is 0. The molecule has 0 amide bonds. The standard InChI is InChI=1S/C16H17N3O5S/c1-18-8-12(7-17-18)15-9-19(4-5-23-15)25(21,22)13-3-2-11-10-24-16(20)14(11)6-13/h2-3,6-8,15H,4-5,9-10H2,1H3/t15-/m0/s1. The van der Waals surface area contributed by atoms with Crippen LogP contribution in [-0.4, -0.2) is 48.2 Å². The van der Waals surface area contributed by atoms with E-state index in [0.29, 0.717) is 17.7 Å². The molecule has 1 atom stereocenters. The van der Waals surface area contributed by atoms with E-state index in [1.54, 1.807) is 24.0 Å². The molecule has 0 spiro atoms. The molecule has 4 rings (SSSR count). The normalized spacial score (nSPS) is 21.2. The number of benzene rings is 1. The van der Waals surface area contributed by atoms with Gasteiger partial charge in [0.15, 0.2) is 0 Å². The second-order valence-electron chi connectivity index (χ2n) is 6.06. The van der Waals surface area contributed by atoms with E-state index in [9.17, 15) is 13.2 Å². The zero-order chi connectivity index (χ0) is 17.6. The number of fused-ring (bicyclic) bond motifs is 1. The van der Waals surface area contributed by atoms with Gasteiger partial charge in [0, 0.05) is 37.5 Å². The fourth-order valence-electron chi connectivity index (χ4n) is 3.05. The summed E-state index contributed by atoms with van der Waals surface area (Å²) >= 11 is 0. The monoisotopic (exact) mass is 363 g/mol. The van der Waals surface area contributed by atoms with Gasteiger partial charge in [-0.3, -0.25) is 4.68 Å². The average Bonchev–Trinajstić information content (AvgIpc) is 3.21. The molecule has 2 aromatic rings. The molecule has 0 aliphatic carbocycles. The number of carbonyl (C=O) groups is 1. The highest BCUT2D eigenvalue weighted by Crippen LogP contribution is 2.28. The van der Waals surface area contributed by atoms with Crippen molar-refractivity contribution in [2.45, 2.75) is 17.6 Å². The Bertz CT molecular complexity index is 937. The third-order valence-electron chi connectivity index (χ3n) is 4.42. The molecule has 25 heavy (non-hydrogen) atoms. The molecule has 1 saturated heterocycles. The lowest BCUT2D eigenvalue weighted by molar-refractivity contribution is -0.00259. The number of esters is 1. The summed E-state index contributed by atoms with van der Waals surface area (Å²) in [6.07, 6.45) is 3.12. The Hall–Kier alpha value is -2.23. The zero-order valence-electron chi connectivity index (χ0n) is 13.6. The minimum Gasteiger partial charge on any atom is -0.457 e. The quantitative estimate of drug-likeness (QED) is 0.751. The van der Waals surface area contributed by atoms with Crippen molar-refractivity contribution >= 4 is 16.0 Å². The van der Waals surface area contributed by atoms with Gasteiger partial charge >= 0.3 is 5.97 Å². The smallest absolute Gasteiger partial charge is 0.338 e. The summed E-state index contributed by atoms with van der Waals surface area (Å²) in [5.41, 5.74) is 1.86. The topological polar surface area (TPSA) is 90.7 Å². The maximum absolute atomic E-state index is 13.0. The first-order valence-corrected chi connectivity index (χ1v) is 9.29. The summed E-state index contributed by atoms with van der Waals surface area (Å²) in [4.78, 5) is 11.8. The molecule has 0 N–H and O–H groups in total. The zero-order valence-corrected chi connectivity index (χ0v) is 14.4. The summed E-state index contributed by atoms with van der Waals surface area (Å²) in [5, 5.41) is 4.10. The molecule has 9 heteroatoms. The van der Waals surface area contributed by atoms with Crippen molar-refractivity contribution in [2.75, 3.05) is 19.7 Å². The number of rotatable bonds is 3. The molecule has 0 bridgehead atoms. The summed E-state index contributed by atoms with van der Waals surface area (Å²) in [6, 6.07) is 4.55. The van der Waals surface area contributed by atoms with Crippen LogP contribution in [0.25, 0.3) is 0 Å². The van der Waals surface area contributed by atoms with Crippen LogP contribution < -0.4 is 0 Å². The third kappa shape index (κ3) is 2.84. The first kappa shape index (κ1) is 16.2. The third-order valence-corrected chi connectivity index (χ3v) is 6.28. The van der Waals surface area contributed by atoms with E-state index < -0.39 is 16.0 Å². The molecule has 1 fully saturated rings. The van der Waals surface area contributed by atoms with Crippen LogP contribution in [0.2, 0.25) is 0 Å². The largest absolute Gasteiger partial charge is 0.457 e. The molecule has 1 aromatic carbocycles. The van der Waals surface area contributed by atoms with Crippen molar-refractivity contribution in [3.63, 3.8) is 0 Å². The number of aryl methyl sites for hydroxylation is 1. The Kier molecular flexibility index (Phi) is 3.86. The lowest BCUT2D eigenvalue weighted by Gasteiger charge is -2.31. The lowest BCUT2D eigenvalue weighted by Crippen LogP contribution is -2.42. The minimum absolute atomic E-state index is 0.0944. The van der Waals surface area contributed by atoms with Gasteiger partial charge < -0.3 is 9.47 Å². The Morgan fingerprint density at radius 2 is 2.16 bits per heavy atom. The van der Waals surface area contributed by atoms with Crippen molar-refractivity contribution in [1.82, 2.24) is 14.1 Å². The number of aromatic nitrogens is 2. The van der Waals surface area contributed by atoms with E-state index in [1.807, 2.05) is 6.20 Å². The number of hydrogen-bond acceptors (Lipinski definition) is 6. The van der Waals surface area contributed by atoms with Crippen LogP contribution in [-0.2, 0) is 33.2 Å². The first-order chi connectivity index (χ1) is 11.9. The Labute approximate surface area is 145 Å². The highest BCUT2D eigenvalue weighted by molar-refractivity contribution is 7.89. The van der Waals surface area contributed by atoms with Crippen LogP contribution in [0.15, 0.2) is 35.5 Å². The van der Waals surface area contributed by atoms with Gasteiger partial charge in [-0.2, -0.15) is 9.40 Å². The summed E-state index contributed by atoms with van der Waals surface area (Å²) < 4.78 is 39.6. The Balaban J connectivity index is 1.62. The van der Waals surface area contributed by atoms with Crippen LogP contribution in [0, 0.1) is 0 Å². The molecule has 3 heterocycles. The Morgan fingerprint density at radius 3 is 2.92 bits per heavy atom. The van der Waals surface area contributed by atoms with Gasteiger partial charge in [-0.1, -0.05) is 6.07 Å². The van der Waals surface area contributed by atoms with Gasteiger partial charge in [0.1, 0.15) is 6.61 Å². The number of sulfonamides is 1. The van der Waals surface area contributed by atoms with E-state index in [-0.39, 0.29) is 30.7 Å². The van der Waals surface area contributed by atoms with Gasteiger partial charge in [0.25, 0.3) is 0 Å². The predicted molar refractivity (Wildman–Crippen MR) is 86.2 cm³/mol. The number of carbonyl (C=O) groups excluding carboxylic acids is 1. The second kappa shape index (κ2) is 5.94. The van der Waals surface area contributed by atoms with Crippen molar-refractivity contribution in [3.05, 3.63) is 47.3 Å². The van der Waals surface area contributed by atoms with Crippen molar-refractivity contribution < 1.29 is 22.7 Å². The highest BCUT2D eigenvalue weighted by atomic mass is 32.2. The molecule has 0 unspecified atom stereocenters. The molecular formula is C16H17N3O5S. The van der Waals surface area contributed by atoms with E-state index in [4.69, 9.17) is 9.47 Å². The molecule has 2 aliphatic heterocycles. The number of ether oxygens (including phenoxy) is 2. The van der Waals surface area contributed by atoms with Crippen molar-refractivity contribution in [2.24, 2.45) is 7.05 Å². The van der Waals surface area contributed by atoms with Gasteiger partial charge in [-0.05, 0) is 12.1 Å².